The lowest BCUT2D eigenvalue weighted by atomic mass is 10.0. The minimum Gasteiger partial charge on any atom is -0.382 e. The Kier molecular flexibility index (Phi) is 9.22. The van der Waals surface area contributed by atoms with Crippen LogP contribution in [0, 0.1) is 0 Å². The van der Waals surface area contributed by atoms with Gasteiger partial charge in [-0.1, -0.05) is 60.7 Å². The fraction of sp³-hybridized carbons (Fsp3) is 0.391. The summed E-state index contributed by atoms with van der Waals surface area (Å²) in [6.45, 7) is 5.67. The van der Waals surface area contributed by atoms with Crippen LogP contribution in [0.1, 0.15) is 31.4 Å². The first kappa shape index (κ1) is 21.6. The van der Waals surface area contributed by atoms with Crippen LogP contribution in [0.5, 0.6) is 0 Å². The molecule has 2 amide bonds. The fourth-order valence-corrected chi connectivity index (χ4v) is 3.05. The van der Waals surface area contributed by atoms with Crippen molar-refractivity contribution in [3.8, 4) is 0 Å². The van der Waals surface area contributed by atoms with Crippen molar-refractivity contribution in [2.45, 2.75) is 39.3 Å². The Morgan fingerprint density at radius 1 is 1.00 bits per heavy atom. The maximum atomic E-state index is 13.0. The third-order valence-corrected chi connectivity index (χ3v) is 4.52. The number of carbonyl (C=O) groups is 2. The van der Waals surface area contributed by atoms with Crippen LogP contribution in [0.2, 0.25) is 0 Å². The van der Waals surface area contributed by atoms with Gasteiger partial charge in [0.25, 0.3) is 0 Å². The number of nitrogens with one attached hydrogen (secondary N) is 1. The minimum absolute atomic E-state index is 0.116. The van der Waals surface area contributed by atoms with Crippen LogP contribution in [0.25, 0.3) is 0 Å². The van der Waals surface area contributed by atoms with E-state index >= 15 is 0 Å². The highest BCUT2D eigenvalue weighted by Crippen LogP contribution is 2.14. The van der Waals surface area contributed by atoms with Gasteiger partial charge in [-0.2, -0.15) is 0 Å². The van der Waals surface area contributed by atoms with Gasteiger partial charge in [-0.15, -0.1) is 0 Å². The first-order valence-corrected chi connectivity index (χ1v) is 9.82. The molecule has 0 aliphatic rings. The van der Waals surface area contributed by atoms with E-state index in [-0.39, 0.29) is 11.8 Å². The molecule has 5 nitrogen and oxygen atoms in total. The second kappa shape index (κ2) is 11.9. The molecular weight excluding hydrogens is 352 g/mol. The SMILES string of the molecule is CCOCCCNC(=O)[C@@H](Cc1ccccc1)N(Cc1ccccc1)C(C)=O. The summed E-state index contributed by atoms with van der Waals surface area (Å²) in [5.74, 6) is -0.249. The van der Waals surface area contributed by atoms with E-state index in [0.29, 0.717) is 32.7 Å². The lowest BCUT2D eigenvalue weighted by Crippen LogP contribution is -2.50. The summed E-state index contributed by atoms with van der Waals surface area (Å²) >= 11 is 0. The molecule has 0 aliphatic heterocycles. The standard InChI is InChI=1S/C23H30N2O3/c1-3-28-16-10-15-24-23(27)22(17-20-11-6-4-7-12-20)25(19(2)26)18-21-13-8-5-9-14-21/h4-9,11-14,22H,3,10,15-18H2,1-2H3,(H,24,27)/t22-/m1/s1. The first-order chi connectivity index (χ1) is 13.6. The molecule has 0 bridgehead atoms. The lowest BCUT2D eigenvalue weighted by molar-refractivity contribution is -0.139. The number of hydrogen-bond donors (Lipinski definition) is 1. The summed E-state index contributed by atoms with van der Waals surface area (Å²) in [4.78, 5) is 27.0. The van der Waals surface area contributed by atoms with Crippen molar-refractivity contribution < 1.29 is 14.3 Å². The van der Waals surface area contributed by atoms with E-state index in [9.17, 15) is 9.59 Å². The second-order valence-corrected chi connectivity index (χ2v) is 6.68. The van der Waals surface area contributed by atoms with Gasteiger partial charge in [0.2, 0.25) is 11.8 Å². The predicted molar refractivity (Wildman–Crippen MR) is 111 cm³/mol. The van der Waals surface area contributed by atoms with E-state index in [1.54, 1.807) is 4.90 Å². The van der Waals surface area contributed by atoms with Gasteiger partial charge < -0.3 is 15.0 Å². The van der Waals surface area contributed by atoms with E-state index in [0.717, 1.165) is 17.5 Å². The summed E-state index contributed by atoms with van der Waals surface area (Å²) < 4.78 is 5.32. The molecule has 0 saturated carbocycles. The summed E-state index contributed by atoms with van der Waals surface area (Å²) in [6.07, 6.45) is 1.22. The lowest BCUT2D eigenvalue weighted by Gasteiger charge is -2.30. The van der Waals surface area contributed by atoms with Crippen LogP contribution in [0.3, 0.4) is 0 Å². The van der Waals surface area contributed by atoms with Gasteiger partial charge in [-0.3, -0.25) is 9.59 Å². The van der Waals surface area contributed by atoms with Crippen LogP contribution in [0.4, 0.5) is 0 Å². The molecule has 1 atom stereocenters. The Bertz CT molecular complexity index is 719. The highest BCUT2D eigenvalue weighted by atomic mass is 16.5. The van der Waals surface area contributed by atoms with Crippen molar-refractivity contribution in [3.63, 3.8) is 0 Å². The van der Waals surface area contributed by atoms with Gasteiger partial charge in [0.05, 0.1) is 0 Å². The van der Waals surface area contributed by atoms with E-state index in [1.165, 1.54) is 6.92 Å². The second-order valence-electron chi connectivity index (χ2n) is 6.68. The van der Waals surface area contributed by atoms with Crippen molar-refractivity contribution >= 4 is 11.8 Å². The summed E-state index contributed by atoms with van der Waals surface area (Å²) in [5, 5.41) is 2.97. The third kappa shape index (κ3) is 7.16. The smallest absolute Gasteiger partial charge is 0.243 e. The molecule has 0 spiro atoms. The number of rotatable bonds is 11. The molecule has 150 valence electrons. The van der Waals surface area contributed by atoms with Crippen molar-refractivity contribution in [2.75, 3.05) is 19.8 Å². The summed E-state index contributed by atoms with van der Waals surface area (Å²) in [6, 6.07) is 19.0. The topological polar surface area (TPSA) is 58.6 Å². The number of benzene rings is 2. The van der Waals surface area contributed by atoms with Crippen molar-refractivity contribution in [1.29, 1.82) is 0 Å². The minimum atomic E-state index is -0.563. The molecule has 0 unspecified atom stereocenters. The van der Waals surface area contributed by atoms with Crippen LogP contribution >= 0.6 is 0 Å². The van der Waals surface area contributed by atoms with E-state index in [1.807, 2.05) is 67.6 Å². The molecule has 1 N–H and O–H groups in total. The molecule has 0 fully saturated rings. The molecule has 2 aromatic carbocycles. The number of carbonyl (C=O) groups excluding carboxylic acids is 2. The number of amides is 2. The quantitative estimate of drug-likeness (QED) is 0.607. The zero-order chi connectivity index (χ0) is 20.2. The average molecular weight is 383 g/mol. The van der Waals surface area contributed by atoms with Gasteiger partial charge in [0, 0.05) is 39.6 Å². The Balaban J connectivity index is 2.14. The Morgan fingerprint density at radius 3 is 2.18 bits per heavy atom. The maximum Gasteiger partial charge on any atom is 0.243 e. The van der Waals surface area contributed by atoms with Gasteiger partial charge in [-0.25, -0.2) is 0 Å². The average Bonchev–Trinajstić information content (AvgIpc) is 2.71. The van der Waals surface area contributed by atoms with E-state index in [2.05, 4.69) is 5.32 Å². The molecular formula is C23H30N2O3. The van der Waals surface area contributed by atoms with Crippen LogP contribution in [-0.4, -0.2) is 42.5 Å². The molecule has 0 aliphatic carbocycles. The van der Waals surface area contributed by atoms with Crippen LogP contribution < -0.4 is 5.32 Å². The molecule has 0 radical (unpaired) electrons. The predicted octanol–water partition coefficient (Wildman–Crippen LogP) is 3.19. The summed E-state index contributed by atoms with van der Waals surface area (Å²) in [5.41, 5.74) is 2.02. The van der Waals surface area contributed by atoms with Crippen molar-refractivity contribution in [1.82, 2.24) is 10.2 Å². The van der Waals surface area contributed by atoms with E-state index < -0.39 is 6.04 Å². The molecule has 2 rings (SSSR count). The third-order valence-electron chi connectivity index (χ3n) is 4.52. The fourth-order valence-electron chi connectivity index (χ4n) is 3.05. The Morgan fingerprint density at radius 2 is 1.61 bits per heavy atom. The zero-order valence-corrected chi connectivity index (χ0v) is 16.8. The van der Waals surface area contributed by atoms with Crippen molar-refractivity contribution in [2.24, 2.45) is 0 Å². The highest BCUT2D eigenvalue weighted by molar-refractivity contribution is 5.87. The van der Waals surface area contributed by atoms with E-state index in [4.69, 9.17) is 4.74 Å². The molecule has 2 aromatic rings. The molecule has 0 saturated heterocycles. The number of ether oxygens (including phenoxy) is 1. The Labute approximate surface area is 167 Å². The number of nitrogens with zero attached hydrogens (tertiary/aromatic N) is 1. The first-order valence-electron chi connectivity index (χ1n) is 9.82. The largest absolute Gasteiger partial charge is 0.382 e. The highest BCUT2D eigenvalue weighted by Gasteiger charge is 2.28. The van der Waals surface area contributed by atoms with Gasteiger partial charge in [0.1, 0.15) is 6.04 Å². The maximum absolute atomic E-state index is 13.0. The molecule has 0 aromatic heterocycles. The zero-order valence-electron chi connectivity index (χ0n) is 16.8. The number of hydrogen-bond acceptors (Lipinski definition) is 3. The van der Waals surface area contributed by atoms with Crippen LogP contribution in [0.15, 0.2) is 60.7 Å². The Hall–Kier alpha value is -2.66. The molecule has 0 heterocycles. The molecule has 28 heavy (non-hydrogen) atoms. The van der Waals surface area contributed by atoms with Gasteiger partial charge in [-0.05, 0) is 24.5 Å². The van der Waals surface area contributed by atoms with Crippen LogP contribution in [-0.2, 0) is 27.3 Å². The van der Waals surface area contributed by atoms with Gasteiger partial charge >= 0.3 is 0 Å². The normalized spacial score (nSPS) is 11.6. The van der Waals surface area contributed by atoms with Crippen molar-refractivity contribution in [3.05, 3.63) is 71.8 Å². The van der Waals surface area contributed by atoms with Gasteiger partial charge in [0.15, 0.2) is 0 Å². The summed E-state index contributed by atoms with van der Waals surface area (Å²) in [7, 11) is 0. The molecule has 5 heteroatoms. The monoisotopic (exact) mass is 382 g/mol.